The zero-order chi connectivity index (χ0) is 10.0. The molecule has 0 aliphatic heterocycles. The number of nitrogens with two attached hydrogens (primary N) is 1. The molecule has 1 aromatic heterocycles. The average Bonchev–Trinajstić information content (AvgIpc) is 2.30. The Kier molecular flexibility index (Phi) is 2.77. The Morgan fingerprint density at radius 3 is 2.77 bits per heavy atom. The van der Waals surface area contributed by atoms with E-state index >= 15 is 0 Å². The number of carbonyl (C=O) groups is 1. The molecule has 6 heteroatoms. The van der Waals surface area contributed by atoms with E-state index in [1.54, 1.807) is 14.1 Å². The third-order valence-corrected chi connectivity index (χ3v) is 1.75. The minimum absolute atomic E-state index is 0.0773. The molecule has 1 aromatic rings. The quantitative estimate of drug-likeness (QED) is 0.746. The number of likely N-dealkylation sites (N-methyl/N-ethyl adjacent to an activating group) is 1. The summed E-state index contributed by atoms with van der Waals surface area (Å²) in [4.78, 5) is 12.7. The van der Waals surface area contributed by atoms with Crippen LogP contribution in [0.4, 0.5) is 5.82 Å². The van der Waals surface area contributed by atoms with Gasteiger partial charge in [-0.1, -0.05) is 11.6 Å². The second-order valence-corrected chi connectivity index (χ2v) is 3.22. The van der Waals surface area contributed by atoms with Crippen molar-refractivity contribution >= 4 is 23.3 Å². The van der Waals surface area contributed by atoms with Crippen molar-refractivity contribution in [2.45, 2.75) is 6.54 Å². The summed E-state index contributed by atoms with van der Waals surface area (Å²) in [5, 5.41) is 4.14. The Morgan fingerprint density at radius 1 is 1.77 bits per heavy atom. The second kappa shape index (κ2) is 3.66. The minimum Gasteiger partial charge on any atom is -0.384 e. The van der Waals surface area contributed by atoms with Crippen molar-refractivity contribution < 1.29 is 4.79 Å². The molecule has 0 radical (unpaired) electrons. The molecular weight excluding hydrogens is 192 g/mol. The highest BCUT2D eigenvalue weighted by molar-refractivity contribution is 6.29. The van der Waals surface area contributed by atoms with Gasteiger partial charge in [0.2, 0.25) is 5.91 Å². The number of anilines is 1. The van der Waals surface area contributed by atoms with Crippen LogP contribution in [0.1, 0.15) is 0 Å². The summed E-state index contributed by atoms with van der Waals surface area (Å²) in [6.07, 6.45) is 0. The zero-order valence-corrected chi connectivity index (χ0v) is 8.25. The molecule has 0 bridgehead atoms. The first-order chi connectivity index (χ1) is 6.00. The number of carbonyl (C=O) groups excluding carboxylic acids is 1. The second-order valence-electron chi connectivity index (χ2n) is 2.84. The monoisotopic (exact) mass is 202 g/mol. The molecule has 0 aliphatic carbocycles. The Labute approximate surface area is 81.1 Å². The van der Waals surface area contributed by atoms with Crippen molar-refractivity contribution in [3.8, 4) is 0 Å². The van der Waals surface area contributed by atoms with E-state index in [9.17, 15) is 4.79 Å². The van der Waals surface area contributed by atoms with Crippen molar-refractivity contribution in [2.24, 2.45) is 0 Å². The van der Waals surface area contributed by atoms with Gasteiger partial charge in [-0.15, -0.1) is 0 Å². The van der Waals surface area contributed by atoms with Gasteiger partial charge >= 0.3 is 0 Å². The SMILES string of the molecule is CN(C)C(=O)Cn1nc(Cl)cc1N. The molecule has 1 amide bonds. The summed E-state index contributed by atoms with van der Waals surface area (Å²) in [6, 6.07) is 1.50. The van der Waals surface area contributed by atoms with Gasteiger partial charge in [0.1, 0.15) is 12.4 Å². The van der Waals surface area contributed by atoms with E-state index in [1.807, 2.05) is 0 Å². The number of rotatable bonds is 2. The van der Waals surface area contributed by atoms with Crippen molar-refractivity contribution in [3.63, 3.8) is 0 Å². The Hall–Kier alpha value is -1.23. The lowest BCUT2D eigenvalue weighted by Crippen LogP contribution is -2.27. The first-order valence-electron chi connectivity index (χ1n) is 3.69. The van der Waals surface area contributed by atoms with Gasteiger partial charge in [0, 0.05) is 20.2 Å². The van der Waals surface area contributed by atoms with Crippen LogP contribution in [0.2, 0.25) is 5.15 Å². The van der Waals surface area contributed by atoms with Crippen LogP contribution >= 0.6 is 11.6 Å². The van der Waals surface area contributed by atoms with E-state index in [2.05, 4.69) is 5.10 Å². The molecule has 0 saturated heterocycles. The molecule has 0 saturated carbocycles. The van der Waals surface area contributed by atoms with Gasteiger partial charge < -0.3 is 10.6 Å². The molecule has 0 spiro atoms. The van der Waals surface area contributed by atoms with Crippen molar-refractivity contribution in [2.75, 3.05) is 19.8 Å². The van der Waals surface area contributed by atoms with Crippen LogP contribution in [0.25, 0.3) is 0 Å². The lowest BCUT2D eigenvalue weighted by atomic mass is 10.5. The summed E-state index contributed by atoms with van der Waals surface area (Å²) in [5.41, 5.74) is 5.54. The van der Waals surface area contributed by atoms with Crippen LogP contribution in [-0.4, -0.2) is 34.7 Å². The van der Waals surface area contributed by atoms with Gasteiger partial charge in [-0.3, -0.25) is 4.79 Å². The number of nitrogens with zero attached hydrogens (tertiary/aromatic N) is 3. The van der Waals surface area contributed by atoms with Gasteiger partial charge in [0.25, 0.3) is 0 Å². The third kappa shape index (κ3) is 2.35. The molecule has 0 atom stereocenters. The minimum atomic E-state index is -0.0773. The van der Waals surface area contributed by atoms with Gasteiger partial charge in [-0.25, -0.2) is 4.68 Å². The number of nitrogen functional groups attached to an aromatic ring is 1. The molecule has 1 heterocycles. The smallest absolute Gasteiger partial charge is 0.243 e. The van der Waals surface area contributed by atoms with Gasteiger partial charge in [0.15, 0.2) is 5.15 Å². The molecule has 0 unspecified atom stereocenters. The zero-order valence-electron chi connectivity index (χ0n) is 7.49. The van der Waals surface area contributed by atoms with Crippen LogP contribution in [0, 0.1) is 0 Å². The maximum absolute atomic E-state index is 11.2. The van der Waals surface area contributed by atoms with E-state index in [4.69, 9.17) is 17.3 Å². The largest absolute Gasteiger partial charge is 0.384 e. The molecule has 0 aliphatic rings. The fourth-order valence-electron chi connectivity index (χ4n) is 0.795. The van der Waals surface area contributed by atoms with Crippen LogP contribution in [-0.2, 0) is 11.3 Å². The molecule has 1 rings (SSSR count). The summed E-state index contributed by atoms with van der Waals surface area (Å²) in [5.74, 6) is 0.312. The first kappa shape index (κ1) is 9.85. The molecule has 0 aromatic carbocycles. The molecule has 2 N–H and O–H groups in total. The number of amides is 1. The summed E-state index contributed by atoms with van der Waals surface area (Å²) >= 11 is 5.59. The lowest BCUT2D eigenvalue weighted by Gasteiger charge is -2.10. The number of aromatic nitrogens is 2. The maximum Gasteiger partial charge on any atom is 0.243 e. The topological polar surface area (TPSA) is 64.2 Å². The number of hydrogen-bond donors (Lipinski definition) is 1. The molecule has 0 fully saturated rings. The maximum atomic E-state index is 11.2. The van der Waals surface area contributed by atoms with Crippen molar-refractivity contribution in [1.82, 2.24) is 14.7 Å². The Morgan fingerprint density at radius 2 is 2.38 bits per heavy atom. The number of halogens is 1. The Bertz CT molecular complexity index is 320. The predicted octanol–water partition coefficient (Wildman–Crippen LogP) is 0.207. The highest BCUT2D eigenvalue weighted by Gasteiger charge is 2.09. The predicted molar refractivity (Wildman–Crippen MR) is 50.3 cm³/mol. The molecule has 72 valence electrons. The summed E-state index contributed by atoms with van der Waals surface area (Å²) in [7, 11) is 3.34. The van der Waals surface area contributed by atoms with E-state index in [0.29, 0.717) is 11.0 Å². The highest BCUT2D eigenvalue weighted by atomic mass is 35.5. The van der Waals surface area contributed by atoms with Gasteiger partial charge in [-0.2, -0.15) is 5.10 Å². The van der Waals surface area contributed by atoms with E-state index in [-0.39, 0.29) is 12.5 Å². The first-order valence-corrected chi connectivity index (χ1v) is 4.07. The average molecular weight is 203 g/mol. The normalized spacial score (nSPS) is 10.1. The summed E-state index contributed by atoms with van der Waals surface area (Å²) < 4.78 is 1.37. The lowest BCUT2D eigenvalue weighted by molar-refractivity contribution is -0.129. The van der Waals surface area contributed by atoms with Crippen molar-refractivity contribution in [3.05, 3.63) is 11.2 Å². The van der Waals surface area contributed by atoms with Crippen molar-refractivity contribution in [1.29, 1.82) is 0 Å². The fourth-order valence-corrected chi connectivity index (χ4v) is 0.998. The van der Waals surface area contributed by atoms with Crippen LogP contribution < -0.4 is 5.73 Å². The summed E-state index contributed by atoms with van der Waals surface area (Å²) in [6.45, 7) is 0.117. The van der Waals surface area contributed by atoms with Crippen LogP contribution in [0.15, 0.2) is 6.07 Å². The van der Waals surface area contributed by atoms with E-state index < -0.39 is 0 Å². The van der Waals surface area contributed by atoms with Crippen LogP contribution in [0.5, 0.6) is 0 Å². The fraction of sp³-hybridized carbons (Fsp3) is 0.429. The van der Waals surface area contributed by atoms with Gasteiger partial charge in [-0.05, 0) is 0 Å². The molecule has 5 nitrogen and oxygen atoms in total. The standard InChI is InChI=1S/C7H11ClN4O/c1-11(2)7(13)4-12-6(9)3-5(8)10-12/h3H,4,9H2,1-2H3. The Balaban J connectivity index is 2.74. The number of hydrogen-bond acceptors (Lipinski definition) is 3. The van der Waals surface area contributed by atoms with E-state index in [0.717, 1.165) is 0 Å². The molecule has 13 heavy (non-hydrogen) atoms. The third-order valence-electron chi connectivity index (χ3n) is 1.57. The van der Waals surface area contributed by atoms with Crippen LogP contribution in [0.3, 0.4) is 0 Å². The highest BCUT2D eigenvalue weighted by Crippen LogP contribution is 2.10. The van der Waals surface area contributed by atoms with E-state index in [1.165, 1.54) is 15.6 Å². The molecular formula is C7H11ClN4O. The van der Waals surface area contributed by atoms with Gasteiger partial charge in [0.05, 0.1) is 0 Å².